The average molecular weight is 389 g/mol. The van der Waals surface area contributed by atoms with Gasteiger partial charge in [-0.15, -0.1) is 0 Å². The summed E-state index contributed by atoms with van der Waals surface area (Å²) in [4.78, 5) is 4.68. The molecule has 1 aromatic rings. The van der Waals surface area contributed by atoms with Gasteiger partial charge in [-0.05, 0) is 24.6 Å². The molecule has 0 unspecified atom stereocenters. The molecule has 0 fully saturated rings. The number of nitrogens with zero attached hydrogens (tertiary/aromatic N) is 1. The Morgan fingerprint density at radius 3 is 1.59 bits per heavy atom. The van der Waals surface area contributed by atoms with Crippen LogP contribution in [-0.4, -0.2) is 44.3 Å². The molecule has 0 amide bonds. The van der Waals surface area contributed by atoms with E-state index in [2.05, 4.69) is 45.3 Å². The normalized spacial score (nSPS) is 17.6. The molecule has 0 spiro atoms. The molecular weight excluding hydrogens is 364 g/mol. The summed E-state index contributed by atoms with van der Waals surface area (Å²) in [5.41, 5.74) is 3.54. The molecule has 2 rings (SSSR count). The van der Waals surface area contributed by atoms with Gasteiger partial charge >= 0.3 is 33.3 Å². The van der Waals surface area contributed by atoms with Crippen LogP contribution in [0.15, 0.2) is 12.1 Å². The number of pyridine rings is 1. The van der Waals surface area contributed by atoms with Crippen LogP contribution >= 0.6 is 20.2 Å². The van der Waals surface area contributed by atoms with Crippen LogP contribution in [0.4, 0.5) is 0 Å². The van der Waals surface area contributed by atoms with E-state index in [1.165, 1.54) is 5.56 Å². The van der Waals surface area contributed by atoms with Crippen LogP contribution in [0, 0.1) is 6.92 Å². The predicted octanol–water partition coefficient (Wildman–Crippen LogP) is 1.14. The van der Waals surface area contributed by atoms with E-state index in [9.17, 15) is 0 Å². The summed E-state index contributed by atoms with van der Waals surface area (Å²) in [6, 6.07) is 4.31. The Kier molecular flexibility index (Phi) is 12.4. The van der Waals surface area contributed by atoms with Gasteiger partial charge in [-0.3, -0.25) is 4.98 Å². The summed E-state index contributed by atoms with van der Waals surface area (Å²) in [6.07, 6.45) is 0. The number of fused-ring (bicyclic) bond motifs is 2. The van der Waals surface area contributed by atoms with Gasteiger partial charge < -0.3 is 21.3 Å². The Bertz CT molecular complexity index is 377. The van der Waals surface area contributed by atoms with E-state index in [0.717, 1.165) is 63.7 Å². The second-order valence-corrected chi connectivity index (χ2v) is 6.98. The zero-order chi connectivity index (χ0) is 16.0. The fourth-order valence-corrected chi connectivity index (χ4v) is 2.21. The summed E-state index contributed by atoms with van der Waals surface area (Å²) in [6.45, 7) is 9.80. The van der Waals surface area contributed by atoms with Gasteiger partial charge in [-0.2, -0.15) is 0 Å². The van der Waals surface area contributed by atoms with E-state index in [1.54, 1.807) is 0 Å². The van der Waals surface area contributed by atoms with E-state index in [1.807, 2.05) is 0 Å². The monoisotopic (exact) mass is 388 g/mol. The number of hydrogen-bond donors (Lipinski definition) is 4. The van der Waals surface area contributed by atoms with Gasteiger partial charge in [0.2, 0.25) is 0 Å². The van der Waals surface area contributed by atoms with Gasteiger partial charge in [-0.1, -0.05) is 0 Å². The first-order valence-corrected chi connectivity index (χ1v) is 10.7. The number of hydrogen-bond acceptors (Lipinski definition) is 5. The van der Waals surface area contributed by atoms with E-state index in [-0.39, 0.29) is 13.1 Å². The van der Waals surface area contributed by atoms with Crippen molar-refractivity contribution in [3.05, 3.63) is 29.1 Å². The van der Waals surface area contributed by atoms with Crippen molar-refractivity contribution in [2.75, 3.05) is 39.3 Å². The number of aryl methyl sites for hydroxylation is 1. The standard InChI is InChI=1S/C14H25N5.2ClH.Mn/c1-12-8-13-10-17-6-4-15-2-3-16-5-7-18-11-14(9-12)19-13;;;/h8-9,15-18H,2-7,10-11H2,1H3;2*1H;/q;;;+2/p-2. The molecule has 1 aliphatic rings. The molecule has 2 heterocycles. The summed E-state index contributed by atoms with van der Waals surface area (Å²) in [5, 5.41) is 13.7. The van der Waals surface area contributed by atoms with Gasteiger partial charge in [0, 0.05) is 52.4 Å². The fourth-order valence-electron chi connectivity index (χ4n) is 2.21. The van der Waals surface area contributed by atoms with Crippen LogP contribution in [0.1, 0.15) is 17.0 Å². The van der Waals surface area contributed by atoms with Gasteiger partial charge in [0.05, 0.1) is 11.4 Å². The van der Waals surface area contributed by atoms with Crippen LogP contribution in [0.3, 0.4) is 0 Å². The second kappa shape index (κ2) is 13.5. The molecule has 5 nitrogen and oxygen atoms in total. The maximum absolute atomic E-state index is 4.80. The minimum absolute atomic E-state index is 0.00694. The zero-order valence-electron chi connectivity index (χ0n) is 12.9. The van der Waals surface area contributed by atoms with E-state index in [4.69, 9.17) is 20.2 Å². The molecule has 0 saturated carbocycles. The minimum atomic E-state index is 0.00694. The van der Waals surface area contributed by atoms with Crippen molar-refractivity contribution in [3.63, 3.8) is 0 Å². The molecule has 0 aromatic carbocycles. The molecule has 0 saturated heterocycles. The average Bonchev–Trinajstić information content (AvgIpc) is 2.48. The van der Waals surface area contributed by atoms with Crippen molar-refractivity contribution in [3.8, 4) is 0 Å². The third-order valence-electron chi connectivity index (χ3n) is 3.12. The van der Waals surface area contributed by atoms with E-state index in [0.29, 0.717) is 0 Å². The first-order chi connectivity index (χ1) is 10.8. The van der Waals surface area contributed by atoms with Gasteiger partial charge in [0.1, 0.15) is 0 Å². The van der Waals surface area contributed by atoms with Crippen molar-refractivity contribution < 1.29 is 13.1 Å². The van der Waals surface area contributed by atoms with Crippen molar-refractivity contribution >= 4 is 20.2 Å². The van der Waals surface area contributed by atoms with Gasteiger partial charge in [-0.25, -0.2) is 0 Å². The number of nitrogens with one attached hydrogen (secondary N) is 4. The van der Waals surface area contributed by atoms with E-state index >= 15 is 0 Å². The molecule has 0 atom stereocenters. The molecule has 0 radical (unpaired) electrons. The maximum atomic E-state index is 4.80. The first kappa shape index (κ1) is 20.1. The number of halogens is 2. The molecule has 0 aliphatic carbocycles. The molecule has 1 aromatic heterocycles. The van der Waals surface area contributed by atoms with Gasteiger partial charge in [0.25, 0.3) is 0 Å². The third kappa shape index (κ3) is 9.98. The molecule has 8 heteroatoms. The van der Waals surface area contributed by atoms with E-state index < -0.39 is 0 Å². The Morgan fingerprint density at radius 2 is 1.18 bits per heavy atom. The summed E-state index contributed by atoms with van der Waals surface area (Å²) in [5.74, 6) is 0. The van der Waals surface area contributed by atoms with Crippen LogP contribution in [-0.2, 0) is 26.2 Å². The van der Waals surface area contributed by atoms with Crippen molar-refractivity contribution in [2.24, 2.45) is 0 Å². The fraction of sp³-hybridized carbons (Fsp3) is 0.643. The van der Waals surface area contributed by atoms with Crippen molar-refractivity contribution in [2.45, 2.75) is 20.0 Å². The molecule has 22 heavy (non-hydrogen) atoms. The van der Waals surface area contributed by atoms with Crippen molar-refractivity contribution in [1.82, 2.24) is 26.3 Å². The third-order valence-corrected chi connectivity index (χ3v) is 3.12. The molecule has 127 valence electrons. The predicted molar refractivity (Wildman–Crippen MR) is 89.8 cm³/mol. The zero-order valence-corrected chi connectivity index (χ0v) is 15.6. The molecule has 1 aliphatic heterocycles. The van der Waals surface area contributed by atoms with Crippen LogP contribution in [0.25, 0.3) is 0 Å². The Labute approximate surface area is 147 Å². The molecule has 4 N–H and O–H groups in total. The Hall–Kier alpha value is 0.0895. The Morgan fingerprint density at radius 1 is 0.818 bits per heavy atom. The van der Waals surface area contributed by atoms with Crippen molar-refractivity contribution in [1.29, 1.82) is 0 Å². The topological polar surface area (TPSA) is 61.0 Å². The first-order valence-electron chi connectivity index (χ1n) is 7.42. The van der Waals surface area contributed by atoms with Crippen LogP contribution in [0.5, 0.6) is 0 Å². The van der Waals surface area contributed by atoms with Crippen LogP contribution < -0.4 is 21.3 Å². The number of rotatable bonds is 0. The van der Waals surface area contributed by atoms with Crippen LogP contribution in [0.2, 0.25) is 0 Å². The number of aromatic nitrogens is 1. The molecular formula is C14H25Cl2MnN5. The quantitative estimate of drug-likeness (QED) is 0.502. The summed E-state index contributed by atoms with van der Waals surface area (Å²) >= 11 is 0.00694. The molecule has 2 bridgehead atoms. The SMILES string of the molecule is Cc1cc2nc(c1)CNCCNCCNCCNC2.[Cl][Mn][Cl]. The van der Waals surface area contributed by atoms with Gasteiger partial charge in [0.15, 0.2) is 0 Å². The Balaban J connectivity index is 0.000000745. The second-order valence-electron chi connectivity index (χ2n) is 5.03. The summed E-state index contributed by atoms with van der Waals surface area (Å²) in [7, 11) is 9.59. The summed E-state index contributed by atoms with van der Waals surface area (Å²) < 4.78 is 0.